The molecule has 1 aliphatic heterocycles. The predicted octanol–water partition coefficient (Wildman–Crippen LogP) is 5.57. The fraction of sp³-hybridized carbons (Fsp3) is 0.294. The van der Waals surface area contributed by atoms with Crippen LogP contribution < -0.4 is 0 Å². The molecule has 0 amide bonds. The summed E-state index contributed by atoms with van der Waals surface area (Å²) >= 11 is 12.8. The summed E-state index contributed by atoms with van der Waals surface area (Å²) in [5, 5.41) is 12.7. The standard InChI is InChI=1S/C17H12Cl2F3NO3S/c1-8-2-14(27-13(8)6-15(24)25)12-7-16(26-23-12,17(20,21)22)9-3-10(18)5-11(19)4-9/h2-5H,6-7H2,1H3,(H,24,25). The van der Waals surface area contributed by atoms with Crippen molar-refractivity contribution in [3.63, 3.8) is 0 Å². The molecule has 144 valence electrons. The lowest BCUT2D eigenvalue weighted by Gasteiger charge is -2.29. The number of carboxylic acids is 1. The molecule has 10 heteroatoms. The van der Waals surface area contributed by atoms with E-state index in [0.717, 1.165) is 23.5 Å². The highest BCUT2D eigenvalue weighted by Crippen LogP contribution is 2.50. The Morgan fingerprint density at radius 2 is 1.93 bits per heavy atom. The minimum Gasteiger partial charge on any atom is -0.481 e. The van der Waals surface area contributed by atoms with Crippen LogP contribution in [-0.4, -0.2) is 23.0 Å². The van der Waals surface area contributed by atoms with E-state index < -0.39 is 24.2 Å². The van der Waals surface area contributed by atoms with E-state index in [1.807, 2.05) is 0 Å². The Morgan fingerprint density at radius 3 is 2.48 bits per heavy atom. The number of nitrogens with zero attached hydrogens (tertiary/aromatic N) is 1. The normalized spacial score (nSPS) is 19.7. The van der Waals surface area contributed by atoms with Crippen LogP contribution >= 0.6 is 34.5 Å². The van der Waals surface area contributed by atoms with Crippen molar-refractivity contribution in [2.45, 2.75) is 31.5 Å². The zero-order valence-electron chi connectivity index (χ0n) is 13.7. The number of aryl methyl sites for hydroxylation is 1. The largest absolute Gasteiger partial charge is 0.481 e. The molecule has 1 N–H and O–H groups in total. The third-order valence-electron chi connectivity index (χ3n) is 4.13. The van der Waals surface area contributed by atoms with Crippen LogP contribution in [0.3, 0.4) is 0 Å². The van der Waals surface area contributed by atoms with Gasteiger partial charge in [0.05, 0.1) is 17.7 Å². The van der Waals surface area contributed by atoms with Gasteiger partial charge in [-0.25, -0.2) is 0 Å². The molecule has 27 heavy (non-hydrogen) atoms. The smallest absolute Gasteiger partial charge is 0.435 e. The molecule has 0 saturated heterocycles. The van der Waals surface area contributed by atoms with Gasteiger partial charge in [0.1, 0.15) is 5.71 Å². The number of aliphatic carboxylic acids is 1. The van der Waals surface area contributed by atoms with E-state index in [-0.39, 0.29) is 27.7 Å². The van der Waals surface area contributed by atoms with Crippen LogP contribution in [0.15, 0.2) is 29.4 Å². The van der Waals surface area contributed by atoms with Crippen molar-refractivity contribution in [3.05, 3.63) is 55.2 Å². The van der Waals surface area contributed by atoms with Crippen molar-refractivity contribution >= 4 is 46.2 Å². The van der Waals surface area contributed by atoms with Gasteiger partial charge in [-0.15, -0.1) is 11.3 Å². The Bertz CT molecular complexity index is 922. The number of carboxylic acid groups (broad SMARTS) is 1. The summed E-state index contributed by atoms with van der Waals surface area (Å²) in [4.78, 5) is 16.8. The van der Waals surface area contributed by atoms with Crippen LogP contribution in [0.1, 0.15) is 27.3 Å². The molecule has 0 spiro atoms. The van der Waals surface area contributed by atoms with Gasteiger partial charge in [0.15, 0.2) is 0 Å². The maximum atomic E-state index is 14.0. The number of oxime groups is 1. The van der Waals surface area contributed by atoms with Crippen molar-refractivity contribution in [1.29, 1.82) is 0 Å². The Labute approximate surface area is 166 Å². The highest BCUT2D eigenvalue weighted by Gasteiger charge is 2.62. The molecule has 0 bridgehead atoms. The molecule has 0 radical (unpaired) electrons. The minimum absolute atomic E-state index is 0.0499. The number of carbonyl (C=O) groups is 1. The first-order chi connectivity index (χ1) is 12.5. The van der Waals surface area contributed by atoms with E-state index in [9.17, 15) is 18.0 Å². The number of rotatable bonds is 4. The molecule has 4 nitrogen and oxygen atoms in total. The molecular formula is C17H12Cl2F3NO3S. The molecule has 1 aliphatic rings. The molecule has 2 heterocycles. The average Bonchev–Trinajstić information content (AvgIpc) is 3.11. The molecule has 1 atom stereocenters. The third kappa shape index (κ3) is 3.79. The van der Waals surface area contributed by atoms with Crippen LogP contribution in [0.2, 0.25) is 10.0 Å². The quantitative estimate of drug-likeness (QED) is 0.679. The summed E-state index contributed by atoms with van der Waals surface area (Å²) in [6.45, 7) is 1.70. The lowest BCUT2D eigenvalue weighted by atomic mass is 9.88. The predicted molar refractivity (Wildman–Crippen MR) is 96.8 cm³/mol. The summed E-state index contributed by atoms with van der Waals surface area (Å²) in [6.07, 6.45) is -5.55. The van der Waals surface area contributed by atoms with E-state index in [4.69, 9.17) is 33.1 Å². The van der Waals surface area contributed by atoms with E-state index in [1.165, 1.54) is 6.07 Å². The average molecular weight is 438 g/mol. The highest BCUT2D eigenvalue weighted by atomic mass is 35.5. The Kier molecular flexibility index (Phi) is 5.18. The van der Waals surface area contributed by atoms with E-state index >= 15 is 0 Å². The summed E-state index contributed by atoms with van der Waals surface area (Å²) in [7, 11) is 0. The first kappa shape index (κ1) is 20.0. The van der Waals surface area contributed by atoms with E-state index in [0.29, 0.717) is 15.3 Å². The third-order valence-corrected chi connectivity index (χ3v) is 5.85. The summed E-state index contributed by atoms with van der Waals surface area (Å²) in [5.41, 5.74) is -2.18. The fourth-order valence-corrected chi connectivity index (χ4v) is 4.47. The highest BCUT2D eigenvalue weighted by molar-refractivity contribution is 7.14. The zero-order chi connectivity index (χ0) is 20.0. The topological polar surface area (TPSA) is 58.9 Å². The molecule has 1 unspecified atom stereocenters. The maximum Gasteiger partial charge on any atom is 0.435 e. The number of halogens is 5. The first-order valence-electron chi connectivity index (χ1n) is 7.61. The van der Waals surface area contributed by atoms with Crippen molar-refractivity contribution in [3.8, 4) is 0 Å². The van der Waals surface area contributed by atoms with E-state index in [2.05, 4.69) is 5.16 Å². The molecule has 0 aliphatic carbocycles. The van der Waals surface area contributed by atoms with Gasteiger partial charge in [-0.1, -0.05) is 28.4 Å². The second-order valence-corrected chi connectivity index (χ2v) is 8.09. The van der Waals surface area contributed by atoms with Gasteiger partial charge in [0.2, 0.25) is 0 Å². The number of benzene rings is 1. The Morgan fingerprint density at radius 1 is 1.30 bits per heavy atom. The monoisotopic (exact) mass is 437 g/mol. The van der Waals surface area contributed by atoms with Gasteiger partial charge < -0.3 is 9.94 Å². The van der Waals surface area contributed by atoms with Gasteiger partial charge in [0.25, 0.3) is 5.60 Å². The Balaban J connectivity index is 1.99. The lowest BCUT2D eigenvalue weighted by molar-refractivity contribution is -0.275. The van der Waals surface area contributed by atoms with Gasteiger partial charge >= 0.3 is 12.1 Å². The van der Waals surface area contributed by atoms with Crippen LogP contribution in [-0.2, 0) is 21.7 Å². The fourth-order valence-electron chi connectivity index (χ4n) is 2.80. The molecule has 0 saturated carbocycles. The van der Waals surface area contributed by atoms with Crippen LogP contribution in [0.4, 0.5) is 13.2 Å². The summed E-state index contributed by atoms with van der Waals surface area (Å²) < 4.78 is 41.9. The van der Waals surface area contributed by atoms with Crippen LogP contribution in [0.25, 0.3) is 0 Å². The Hall–Kier alpha value is -1.77. The SMILES string of the molecule is Cc1cc(C2=NOC(c3cc(Cl)cc(Cl)c3)(C(F)(F)F)C2)sc1CC(=O)O. The maximum absolute atomic E-state index is 14.0. The number of alkyl halides is 3. The number of thiophene rings is 1. The van der Waals surface area contributed by atoms with Gasteiger partial charge in [-0.2, -0.15) is 13.2 Å². The van der Waals surface area contributed by atoms with Gasteiger partial charge in [-0.05, 0) is 36.8 Å². The summed E-state index contributed by atoms with van der Waals surface area (Å²) in [5.74, 6) is -1.02. The first-order valence-corrected chi connectivity index (χ1v) is 9.19. The van der Waals surface area contributed by atoms with Crippen LogP contribution in [0, 0.1) is 6.92 Å². The van der Waals surface area contributed by atoms with Gasteiger partial charge in [0, 0.05) is 20.5 Å². The molecule has 0 fully saturated rings. The zero-order valence-corrected chi connectivity index (χ0v) is 16.1. The molecule has 2 aromatic rings. The molecule has 3 rings (SSSR count). The number of hydrogen-bond donors (Lipinski definition) is 1. The molecule has 1 aromatic heterocycles. The van der Waals surface area contributed by atoms with Crippen molar-refractivity contribution in [1.82, 2.24) is 0 Å². The van der Waals surface area contributed by atoms with Gasteiger partial charge in [-0.3, -0.25) is 4.79 Å². The minimum atomic E-state index is -4.78. The lowest BCUT2D eigenvalue weighted by Crippen LogP contribution is -2.42. The molecule has 1 aromatic carbocycles. The molecular weight excluding hydrogens is 426 g/mol. The summed E-state index contributed by atoms with van der Waals surface area (Å²) in [6, 6.07) is 5.24. The second kappa shape index (κ2) is 7.00. The van der Waals surface area contributed by atoms with Crippen molar-refractivity contribution in [2.24, 2.45) is 5.16 Å². The number of hydrogen-bond acceptors (Lipinski definition) is 4. The van der Waals surface area contributed by atoms with Crippen molar-refractivity contribution < 1.29 is 27.9 Å². The van der Waals surface area contributed by atoms with E-state index in [1.54, 1.807) is 13.0 Å². The van der Waals surface area contributed by atoms with Crippen molar-refractivity contribution in [2.75, 3.05) is 0 Å². The second-order valence-electron chi connectivity index (χ2n) is 6.08. The van der Waals surface area contributed by atoms with Crippen LogP contribution in [0.5, 0.6) is 0 Å².